The minimum absolute atomic E-state index is 0.0518. The van der Waals surface area contributed by atoms with Crippen molar-refractivity contribution in [1.82, 2.24) is 20.0 Å². The van der Waals surface area contributed by atoms with Gasteiger partial charge in [-0.2, -0.15) is 0 Å². The molecule has 0 radical (unpaired) electrons. The molecule has 28 heavy (non-hydrogen) atoms. The second kappa shape index (κ2) is 8.99. The fourth-order valence-corrected chi connectivity index (χ4v) is 5.03. The van der Waals surface area contributed by atoms with E-state index in [1.165, 1.54) is 38.6 Å². The number of piperidine rings is 2. The van der Waals surface area contributed by atoms with Crippen molar-refractivity contribution in [3.63, 3.8) is 0 Å². The highest BCUT2D eigenvalue weighted by Crippen LogP contribution is 2.38. The van der Waals surface area contributed by atoms with Gasteiger partial charge in [0.1, 0.15) is 6.54 Å². The monoisotopic (exact) mass is 391 g/mol. The Bertz CT molecular complexity index is 571. The Morgan fingerprint density at radius 2 is 2.04 bits per heavy atom. The maximum atomic E-state index is 12.1. The summed E-state index contributed by atoms with van der Waals surface area (Å²) in [6, 6.07) is 1.62. The minimum atomic E-state index is 0.0518. The molecule has 0 aromatic carbocycles. The van der Waals surface area contributed by atoms with Crippen LogP contribution in [0.3, 0.4) is 0 Å². The summed E-state index contributed by atoms with van der Waals surface area (Å²) in [5.41, 5.74) is 0. The second-order valence-electron chi connectivity index (χ2n) is 9.21. The van der Waals surface area contributed by atoms with Gasteiger partial charge in [-0.25, -0.2) is 4.99 Å². The molecule has 7 heteroatoms. The quantitative estimate of drug-likeness (QED) is 0.560. The summed E-state index contributed by atoms with van der Waals surface area (Å²) in [4.78, 5) is 23.6. The highest BCUT2D eigenvalue weighted by atomic mass is 16.5. The van der Waals surface area contributed by atoms with Gasteiger partial charge in [0.25, 0.3) is 0 Å². The Hall–Kier alpha value is -1.34. The van der Waals surface area contributed by atoms with E-state index in [0.29, 0.717) is 5.92 Å². The summed E-state index contributed by atoms with van der Waals surface area (Å²) >= 11 is 0. The van der Waals surface area contributed by atoms with E-state index in [4.69, 9.17) is 9.73 Å². The molecule has 1 saturated carbocycles. The number of hydrogen-bond acceptors (Lipinski definition) is 4. The molecule has 0 spiro atoms. The predicted octanol–water partition coefficient (Wildman–Crippen LogP) is 1.01. The molecular formula is C21H37N5O2. The van der Waals surface area contributed by atoms with Gasteiger partial charge < -0.3 is 19.9 Å². The Kier molecular flexibility index (Phi) is 6.41. The van der Waals surface area contributed by atoms with Crippen LogP contribution in [0.4, 0.5) is 0 Å². The summed E-state index contributed by atoms with van der Waals surface area (Å²) in [6.07, 6.45) is 7.78. The molecule has 7 nitrogen and oxygen atoms in total. The molecule has 1 N–H and O–H groups in total. The Morgan fingerprint density at radius 3 is 2.75 bits per heavy atom. The molecule has 4 rings (SSSR count). The topological polar surface area (TPSA) is 60.4 Å². The number of nitrogens with one attached hydrogen (secondary N) is 1. The smallest absolute Gasteiger partial charge is 0.243 e. The molecule has 3 atom stereocenters. The van der Waals surface area contributed by atoms with Crippen LogP contribution in [0.25, 0.3) is 0 Å². The second-order valence-corrected chi connectivity index (χ2v) is 9.21. The molecule has 0 bridgehead atoms. The van der Waals surface area contributed by atoms with E-state index in [1.807, 2.05) is 0 Å². The van der Waals surface area contributed by atoms with Crippen LogP contribution in [-0.4, -0.2) is 98.7 Å². The number of carbonyl (C=O) groups is 1. The van der Waals surface area contributed by atoms with Crippen LogP contribution in [0.1, 0.15) is 38.5 Å². The van der Waals surface area contributed by atoms with Gasteiger partial charge in [0.15, 0.2) is 5.96 Å². The first-order valence-electron chi connectivity index (χ1n) is 11.2. The van der Waals surface area contributed by atoms with Crippen LogP contribution in [0, 0.1) is 11.8 Å². The molecule has 3 aliphatic heterocycles. The van der Waals surface area contributed by atoms with E-state index in [1.54, 1.807) is 19.0 Å². The van der Waals surface area contributed by atoms with Crippen molar-refractivity contribution >= 4 is 11.9 Å². The lowest BCUT2D eigenvalue weighted by Crippen LogP contribution is -2.57. The van der Waals surface area contributed by atoms with Crippen molar-refractivity contribution in [3.05, 3.63) is 0 Å². The number of carbonyl (C=O) groups excluding carboxylic acids is 1. The number of guanidine groups is 1. The Labute approximate surface area is 169 Å². The summed E-state index contributed by atoms with van der Waals surface area (Å²) < 4.78 is 5.52. The molecule has 3 heterocycles. The van der Waals surface area contributed by atoms with Gasteiger partial charge in [-0.1, -0.05) is 0 Å². The van der Waals surface area contributed by atoms with Crippen LogP contribution in [0.5, 0.6) is 0 Å². The van der Waals surface area contributed by atoms with Crippen molar-refractivity contribution < 1.29 is 9.53 Å². The molecule has 0 aromatic heterocycles. The fraction of sp³-hybridized carbons (Fsp3) is 0.905. The molecule has 0 aromatic rings. The van der Waals surface area contributed by atoms with Crippen molar-refractivity contribution in [2.24, 2.45) is 16.8 Å². The number of rotatable bonds is 5. The zero-order valence-electron chi connectivity index (χ0n) is 17.6. The first-order valence-corrected chi connectivity index (χ1v) is 11.2. The van der Waals surface area contributed by atoms with Crippen LogP contribution in [-0.2, 0) is 9.53 Å². The highest BCUT2D eigenvalue weighted by molar-refractivity contribution is 5.85. The average molecular weight is 392 g/mol. The van der Waals surface area contributed by atoms with Crippen molar-refractivity contribution in [2.75, 3.05) is 60.0 Å². The molecule has 1 amide bonds. The molecule has 3 unspecified atom stereocenters. The molecule has 1 aliphatic carbocycles. The number of nitrogens with zero attached hydrogens (tertiary/aromatic N) is 4. The van der Waals surface area contributed by atoms with E-state index in [-0.39, 0.29) is 12.5 Å². The first-order chi connectivity index (χ1) is 13.6. The Morgan fingerprint density at radius 1 is 1.18 bits per heavy atom. The molecular weight excluding hydrogens is 354 g/mol. The molecule has 3 saturated heterocycles. The number of fused-ring (bicyclic) bond motifs is 1. The first kappa shape index (κ1) is 20.0. The van der Waals surface area contributed by atoms with E-state index >= 15 is 0 Å². The number of amides is 1. The van der Waals surface area contributed by atoms with Crippen molar-refractivity contribution in [3.8, 4) is 0 Å². The fourth-order valence-electron chi connectivity index (χ4n) is 5.03. The number of likely N-dealkylation sites (N-methyl/N-ethyl adjacent to an activating group) is 1. The van der Waals surface area contributed by atoms with Crippen LogP contribution in [0.2, 0.25) is 0 Å². The summed E-state index contributed by atoms with van der Waals surface area (Å²) in [5, 5.41) is 3.58. The van der Waals surface area contributed by atoms with E-state index in [9.17, 15) is 4.79 Å². The molecule has 4 aliphatic rings. The van der Waals surface area contributed by atoms with E-state index in [2.05, 4.69) is 15.1 Å². The van der Waals surface area contributed by atoms with Gasteiger partial charge in [-0.3, -0.25) is 9.69 Å². The van der Waals surface area contributed by atoms with Gasteiger partial charge in [0, 0.05) is 58.3 Å². The zero-order valence-corrected chi connectivity index (χ0v) is 17.6. The van der Waals surface area contributed by atoms with Gasteiger partial charge in [0.2, 0.25) is 5.91 Å². The zero-order chi connectivity index (χ0) is 19.5. The largest absolute Gasteiger partial charge is 0.381 e. The lowest BCUT2D eigenvalue weighted by atomic mass is 9.83. The average Bonchev–Trinajstić information content (AvgIpc) is 3.42. The van der Waals surface area contributed by atoms with E-state index in [0.717, 1.165) is 63.2 Å². The molecule has 158 valence electrons. The summed E-state index contributed by atoms with van der Waals surface area (Å²) in [6.45, 7) is 6.19. The maximum Gasteiger partial charge on any atom is 0.243 e. The van der Waals surface area contributed by atoms with E-state index < -0.39 is 0 Å². The van der Waals surface area contributed by atoms with Gasteiger partial charge in [-0.15, -0.1) is 0 Å². The van der Waals surface area contributed by atoms with Gasteiger partial charge in [0.05, 0.1) is 6.61 Å². The highest BCUT2D eigenvalue weighted by Gasteiger charge is 2.42. The van der Waals surface area contributed by atoms with Gasteiger partial charge in [-0.05, 0) is 51.0 Å². The lowest BCUT2D eigenvalue weighted by molar-refractivity contribution is -0.127. The standard InChI is InChI=1S/C21H37N5O2/c1-24(2)20(27)13-23-21(22-12-16-8-11-28-15-16)25-10-7-19-17(14-25)4-3-9-26(19)18-5-6-18/h16-19H,3-15H2,1-2H3,(H,22,23). The molecule has 4 fully saturated rings. The van der Waals surface area contributed by atoms with Crippen molar-refractivity contribution in [2.45, 2.75) is 50.6 Å². The van der Waals surface area contributed by atoms with Crippen LogP contribution in [0.15, 0.2) is 4.99 Å². The number of ether oxygens (including phenoxy) is 1. The maximum absolute atomic E-state index is 12.1. The minimum Gasteiger partial charge on any atom is -0.381 e. The predicted molar refractivity (Wildman–Crippen MR) is 110 cm³/mol. The third-order valence-electron chi connectivity index (χ3n) is 6.86. The number of aliphatic imine (C=N–C) groups is 1. The third kappa shape index (κ3) is 4.79. The summed E-state index contributed by atoms with van der Waals surface area (Å²) in [5.74, 6) is 2.25. The van der Waals surface area contributed by atoms with Crippen LogP contribution < -0.4 is 5.32 Å². The Balaban J connectivity index is 1.39. The summed E-state index contributed by atoms with van der Waals surface area (Å²) in [7, 11) is 3.58. The van der Waals surface area contributed by atoms with Crippen LogP contribution >= 0.6 is 0 Å². The number of hydrogen-bond donors (Lipinski definition) is 1. The number of likely N-dealkylation sites (tertiary alicyclic amines) is 2. The third-order valence-corrected chi connectivity index (χ3v) is 6.86. The lowest BCUT2D eigenvalue weighted by Gasteiger charge is -2.48. The SMILES string of the molecule is CN(C)C(=O)CN=C(NCC1CCOC1)N1CCC2C(CCCN2C2CC2)C1. The van der Waals surface area contributed by atoms with Crippen molar-refractivity contribution in [1.29, 1.82) is 0 Å². The van der Waals surface area contributed by atoms with Gasteiger partial charge >= 0.3 is 0 Å². The normalized spacial score (nSPS) is 31.6.